The Morgan fingerprint density at radius 1 is 1.45 bits per heavy atom. The van der Waals surface area contributed by atoms with Gasteiger partial charge in [-0.15, -0.1) is 12.4 Å². The molecule has 1 saturated heterocycles. The SMILES string of the molecule is Cc1nccc(CNC(=O)CCC2CCNCC2)n1.Cl. The molecule has 1 aromatic rings. The molecule has 20 heavy (non-hydrogen) atoms. The Balaban J connectivity index is 0.00000200. The van der Waals surface area contributed by atoms with E-state index in [4.69, 9.17) is 0 Å². The van der Waals surface area contributed by atoms with Gasteiger partial charge >= 0.3 is 0 Å². The molecule has 0 atom stereocenters. The fourth-order valence-electron chi connectivity index (χ4n) is 2.39. The number of piperidine rings is 1. The van der Waals surface area contributed by atoms with Crippen molar-refractivity contribution in [1.29, 1.82) is 0 Å². The van der Waals surface area contributed by atoms with Crippen LogP contribution in [-0.4, -0.2) is 29.0 Å². The number of nitrogens with one attached hydrogen (secondary N) is 2. The van der Waals surface area contributed by atoms with E-state index >= 15 is 0 Å². The summed E-state index contributed by atoms with van der Waals surface area (Å²) in [5.41, 5.74) is 0.864. The number of aryl methyl sites for hydroxylation is 1. The monoisotopic (exact) mass is 298 g/mol. The molecular formula is C14H23ClN4O. The second-order valence-corrected chi connectivity index (χ2v) is 5.10. The van der Waals surface area contributed by atoms with Gasteiger partial charge in [-0.1, -0.05) is 0 Å². The maximum Gasteiger partial charge on any atom is 0.220 e. The third-order valence-electron chi connectivity index (χ3n) is 3.54. The molecule has 1 aliphatic heterocycles. The fourth-order valence-corrected chi connectivity index (χ4v) is 2.39. The molecule has 1 fully saturated rings. The molecule has 0 aliphatic carbocycles. The van der Waals surface area contributed by atoms with Gasteiger partial charge in [0, 0.05) is 12.6 Å². The van der Waals surface area contributed by atoms with E-state index in [1.807, 2.05) is 13.0 Å². The highest BCUT2D eigenvalue weighted by atomic mass is 35.5. The van der Waals surface area contributed by atoms with Crippen molar-refractivity contribution in [3.05, 3.63) is 23.8 Å². The molecule has 2 N–H and O–H groups in total. The van der Waals surface area contributed by atoms with Crippen LogP contribution in [0.4, 0.5) is 0 Å². The predicted octanol–water partition coefficient (Wildman–Crippen LogP) is 1.60. The first-order chi connectivity index (χ1) is 9.24. The Hall–Kier alpha value is -1.20. The van der Waals surface area contributed by atoms with Gasteiger partial charge in [0.25, 0.3) is 0 Å². The fraction of sp³-hybridized carbons (Fsp3) is 0.643. The molecule has 1 aliphatic rings. The summed E-state index contributed by atoms with van der Waals surface area (Å²) in [5, 5.41) is 6.26. The zero-order valence-electron chi connectivity index (χ0n) is 11.9. The van der Waals surface area contributed by atoms with Crippen LogP contribution >= 0.6 is 12.4 Å². The van der Waals surface area contributed by atoms with Crippen LogP contribution in [0.25, 0.3) is 0 Å². The third-order valence-corrected chi connectivity index (χ3v) is 3.54. The number of amides is 1. The molecule has 5 nitrogen and oxygen atoms in total. The summed E-state index contributed by atoms with van der Waals surface area (Å²) >= 11 is 0. The summed E-state index contributed by atoms with van der Waals surface area (Å²) in [6.07, 6.45) is 5.72. The number of hydrogen-bond acceptors (Lipinski definition) is 4. The molecule has 0 bridgehead atoms. The van der Waals surface area contributed by atoms with E-state index in [1.54, 1.807) is 6.20 Å². The number of nitrogens with zero attached hydrogens (tertiary/aromatic N) is 2. The zero-order valence-corrected chi connectivity index (χ0v) is 12.7. The second-order valence-electron chi connectivity index (χ2n) is 5.10. The molecule has 0 saturated carbocycles. The van der Waals surface area contributed by atoms with Crippen LogP contribution in [-0.2, 0) is 11.3 Å². The van der Waals surface area contributed by atoms with E-state index in [-0.39, 0.29) is 18.3 Å². The minimum atomic E-state index is 0. The molecule has 2 heterocycles. The Morgan fingerprint density at radius 3 is 2.90 bits per heavy atom. The quantitative estimate of drug-likeness (QED) is 0.866. The van der Waals surface area contributed by atoms with Crippen LogP contribution in [0.2, 0.25) is 0 Å². The molecule has 6 heteroatoms. The highest BCUT2D eigenvalue weighted by Crippen LogP contribution is 2.17. The van der Waals surface area contributed by atoms with Gasteiger partial charge in [-0.3, -0.25) is 4.79 Å². The van der Waals surface area contributed by atoms with Gasteiger partial charge in [-0.05, 0) is 51.3 Å². The van der Waals surface area contributed by atoms with Gasteiger partial charge in [-0.25, -0.2) is 9.97 Å². The van der Waals surface area contributed by atoms with Crippen LogP contribution in [0, 0.1) is 12.8 Å². The zero-order chi connectivity index (χ0) is 13.5. The van der Waals surface area contributed by atoms with E-state index in [0.717, 1.165) is 31.0 Å². The number of aromatic nitrogens is 2. The number of carbonyl (C=O) groups excluding carboxylic acids is 1. The van der Waals surface area contributed by atoms with E-state index in [9.17, 15) is 4.79 Å². The van der Waals surface area contributed by atoms with Crippen LogP contribution < -0.4 is 10.6 Å². The standard InChI is InChI=1S/C14H22N4O.ClH/c1-11-16-9-6-13(18-11)10-17-14(19)3-2-12-4-7-15-8-5-12;/h6,9,12,15H,2-5,7-8,10H2,1H3,(H,17,19);1H. The molecule has 2 rings (SSSR count). The van der Waals surface area contributed by atoms with Crippen molar-refractivity contribution < 1.29 is 4.79 Å². The van der Waals surface area contributed by atoms with Crippen molar-refractivity contribution >= 4 is 18.3 Å². The van der Waals surface area contributed by atoms with Gasteiger partial charge in [0.2, 0.25) is 5.91 Å². The first kappa shape index (κ1) is 16.9. The van der Waals surface area contributed by atoms with E-state index in [1.165, 1.54) is 12.8 Å². The molecule has 1 amide bonds. The lowest BCUT2D eigenvalue weighted by Gasteiger charge is -2.22. The minimum absolute atomic E-state index is 0. The summed E-state index contributed by atoms with van der Waals surface area (Å²) in [5.74, 6) is 1.56. The minimum Gasteiger partial charge on any atom is -0.350 e. The predicted molar refractivity (Wildman–Crippen MR) is 80.7 cm³/mol. The van der Waals surface area contributed by atoms with Gasteiger partial charge in [0.15, 0.2) is 0 Å². The summed E-state index contributed by atoms with van der Waals surface area (Å²) in [7, 11) is 0. The number of rotatable bonds is 5. The molecular weight excluding hydrogens is 276 g/mol. The van der Waals surface area contributed by atoms with Gasteiger partial charge in [0.05, 0.1) is 12.2 Å². The maximum atomic E-state index is 11.8. The van der Waals surface area contributed by atoms with Gasteiger partial charge in [-0.2, -0.15) is 0 Å². The molecule has 0 aromatic carbocycles. The van der Waals surface area contributed by atoms with Crippen molar-refractivity contribution in [1.82, 2.24) is 20.6 Å². The largest absolute Gasteiger partial charge is 0.350 e. The van der Waals surface area contributed by atoms with Crippen molar-refractivity contribution in [3.8, 4) is 0 Å². The van der Waals surface area contributed by atoms with E-state index < -0.39 is 0 Å². The Kier molecular flexibility index (Phi) is 7.47. The number of hydrogen-bond donors (Lipinski definition) is 2. The average Bonchev–Trinajstić information content (AvgIpc) is 2.44. The van der Waals surface area contributed by atoms with Crippen LogP contribution in [0.1, 0.15) is 37.2 Å². The van der Waals surface area contributed by atoms with Crippen molar-refractivity contribution in [2.75, 3.05) is 13.1 Å². The average molecular weight is 299 g/mol. The summed E-state index contributed by atoms with van der Waals surface area (Å²) in [4.78, 5) is 20.1. The lowest BCUT2D eigenvalue weighted by molar-refractivity contribution is -0.121. The van der Waals surface area contributed by atoms with Crippen LogP contribution in [0.5, 0.6) is 0 Å². The lowest BCUT2D eigenvalue weighted by Crippen LogP contribution is -2.29. The van der Waals surface area contributed by atoms with Gasteiger partial charge in [0.1, 0.15) is 5.82 Å². The maximum absolute atomic E-state index is 11.8. The van der Waals surface area contributed by atoms with Crippen molar-refractivity contribution in [2.24, 2.45) is 5.92 Å². The van der Waals surface area contributed by atoms with E-state index in [2.05, 4.69) is 20.6 Å². The molecule has 0 radical (unpaired) electrons. The molecule has 112 valence electrons. The Labute approximate surface area is 126 Å². The lowest BCUT2D eigenvalue weighted by atomic mass is 9.93. The van der Waals surface area contributed by atoms with Crippen LogP contribution in [0.15, 0.2) is 12.3 Å². The molecule has 1 aromatic heterocycles. The molecule has 0 unspecified atom stereocenters. The van der Waals surface area contributed by atoms with Crippen molar-refractivity contribution in [2.45, 2.75) is 39.2 Å². The molecule has 0 spiro atoms. The summed E-state index contributed by atoms with van der Waals surface area (Å²) in [6.45, 7) is 4.52. The smallest absolute Gasteiger partial charge is 0.220 e. The van der Waals surface area contributed by atoms with Crippen molar-refractivity contribution in [3.63, 3.8) is 0 Å². The normalized spacial score (nSPS) is 15.4. The highest BCUT2D eigenvalue weighted by molar-refractivity contribution is 5.85. The first-order valence-corrected chi connectivity index (χ1v) is 7.00. The Bertz CT molecular complexity index is 421. The topological polar surface area (TPSA) is 66.9 Å². The second kappa shape index (κ2) is 8.87. The summed E-state index contributed by atoms with van der Waals surface area (Å²) < 4.78 is 0. The number of halogens is 1. The van der Waals surface area contributed by atoms with Gasteiger partial charge < -0.3 is 10.6 Å². The number of carbonyl (C=O) groups is 1. The Morgan fingerprint density at radius 2 is 2.20 bits per heavy atom. The van der Waals surface area contributed by atoms with Crippen LogP contribution in [0.3, 0.4) is 0 Å². The first-order valence-electron chi connectivity index (χ1n) is 7.00. The summed E-state index contributed by atoms with van der Waals surface area (Å²) in [6, 6.07) is 1.83. The third kappa shape index (κ3) is 5.84. The van der Waals surface area contributed by atoms with E-state index in [0.29, 0.717) is 18.9 Å². The highest BCUT2D eigenvalue weighted by Gasteiger charge is 2.14.